The molecule has 2 aromatic rings. The first-order chi connectivity index (χ1) is 11.1. The minimum Gasteiger partial charge on any atom is -0.388 e. The summed E-state index contributed by atoms with van der Waals surface area (Å²) >= 11 is 0. The number of methoxy groups -OCH3 is 1. The molecule has 0 atom stereocenters. The summed E-state index contributed by atoms with van der Waals surface area (Å²) in [5.41, 5.74) is 1.07. The summed E-state index contributed by atoms with van der Waals surface area (Å²) in [5.74, 6) is 0. The third-order valence-corrected chi connectivity index (χ3v) is 4.43. The van der Waals surface area contributed by atoms with E-state index in [1.54, 1.807) is 7.11 Å². The molecule has 1 aromatic carbocycles. The number of carbonyl (C=O) groups excluding carboxylic acids is 1. The molecule has 6 heteroatoms. The van der Waals surface area contributed by atoms with Crippen LogP contribution in [0.4, 0.5) is 10.5 Å². The van der Waals surface area contributed by atoms with E-state index in [9.17, 15) is 9.90 Å². The van der Waals surface area contributed by atoms with Crippen molar-refractivity contribution in [2.24, 2.45) is 0 Å². The van der Waals surface area contributed by atoms with Crippen LogP contribution in [0.25, 0.3) is 10.9 Å². The van der Waals surface area contributed by atoms with Gasteiger partial charge in [0.25, 0.3) is 0 Å². The molecular formula is C17H23N3O3. The summed E-state index contributed by atoms with van der Waals surface area (Å²) in [5, 5.41) is 16.7. The number of hydrogen-bond acceptors (Lipinski definition) is 3. The lowest BCUT2D eigenvalue weighted by atomic mass is 9.80. The summed E-state index contributed by atoms with van der Waals surface area (Å²) in [4.78, 5) is 12.0. The van der Waals surface area contributed by atoms with Crippen molar-refractivity contribution in [3.05, 3.63) is 30.5 Å². The largest absolute Gasteiger partial charge is 0.388 e. The Kier molecular flexibility index (Phi) is 4.54. The van der Waals surface area contributed by atoms with Crippen LogP contribution in [-0.2, 0) is 11.3 Å². The monoisotopic (exact) mass is 317 g/mol. The highest BCUT2D eigenvalue weighted by Crippen LogP contribution is 2.30. The predicted molar refractivity (Wildman–Crippen MR) is 89.6 cm³/mol. The maximum absolute atomic E-state index is 12.0. The molecule has 1 heterocycles. The third kappa shape index (κ3) is 3.65. The van der Waals surface area contributed by atoms with Crippen LogP contribution in [0.3, 0.4) is 0 Å². The highest BCUT2D eigenvalue weighted by Gasteiger charge is 2.34. The molecule has 0 saturated heterocycles. The number of rotatable bonds is 6. The van der Waals surface area contributed by atoms with E-state index < -0.39 is 5.60 Å². The summed E-state index contributed by atoms with van der Waals surface area (Å²) in [7, 11) is 1.68. The van der Waals surface area contributed by atoms with Gasteiger partial charge >= 0.3 is 6.03 Å². The number of benzene rings is 1. The number of hydrogen-bond donors (Lipinski definition) is 3. The number of aromatic nitrogens is 1. The average Bonchev–Trinajstić information content (AvgIpc) is 2.91. The van der Waals surface area contributed by atoms with Gasteiger partial charge in [-0.1, -0.05) is 6.07 Å². The van der Waals surface area contributed by atoms with Gasteiger partial charge < -0.3 is 25.0 Å². The second kappa shape index (κ2) is 6.60. The SMILES string of the molecule is COCCn1ccc2ccc(NC(=O)NCC3(O)CCC3)cc21. The number of carbonyl (C=O) groups is 1. The smallest absolute Gasteiger partial charge is 0.319 e. The fourth-order valence-electron chi connectivity index (χ4n) is 2.83. The number of anilines is 1. The van der Waals surface area contributed by atoms with Gasteiger partial charge in [-0.3, -0.25) is 0 Å². The van der Waals surface area contributed by atoms with Gasteiger partial charge in [0.1, 0.15) is 0 Å². The van der Waals surface area contributed by atoms with Crippen molar-refractivity contribution in [1.29, 1.82) is 0 Å². The molecule has 2 amide bonds. The standard InChI is InChI=1S/C17H23N3O3/c1-23-10-9-20-8-5-13-3-4-14(11-15(13)20)19-16(21)18-12-17(22)6-2-7-17/h3-5,8,11,22H,2,6-7,9-10,12H2,1H3,(H2,18,19,21). The Balaban J connectivity index is 1.63. The quantitative estimate of drug-likeness (QED) is 0.765. The van der Waals surface area contributed by atoms with E-state index in [-0.39, 0.29) is 6.03 Å². The summed E-state index contributed by atoms with van der Waals surface area (Å²) in [6.45, 7) is 1.70. The molecule has 0 radical (unpaired) electrons. The van der Waals surface area contributed by atoms with E-state index >= 15 is 0 Å². The van der Waals surface area contributed by atoms with Gasteiger partial charge in [-0.05, 0) is 42.8 Å². The van der Waals surface area contributed by atoms with Gasteiger partial charge in [-0.25, -0.2) is 4.79 Å². The van der Waals surface area contributed by atoms with Crippen LogP contribution in [0.5, 0.6) is 0 Å². The molecule has 3 N–H and O–H groups in total. The molecule has 0 spiro atoms. The lowest BCUT2D eigenvalue weighted by Crippen LogP contribution is -2.48. The molecular weight excluding hydrogens is 294 g/mol. The maximum Gasteiger partial charge on any atom is 0.319 e. The number of ether oxygens (including phenoxy) is 1. The lowest BCUT2D eigenvalue weighted by molar-refractivity contribution is -0.0287. The van der Waals surface area contributed by atoms with Gasteiger partial charge in [0.15, 0.2) is 0 Å². The average molecular weight is 317 g/mol. The van der Waals surface area contributed by atoms with Crippen molar-refractivity contribution in [3.8, 4) is 0 Å². The molecule has 124 valence electrons. The molecule has 0 bridgehead atoms. The molecule has 0 unspecified atom stereocenters. The minimum absolute atomic E-state index is 0.292. The van der Waals surface area contributed by atoms with Crippen molar-refractivity contribution in [2.75, 3.05) is 25.6 Å². The maximum atomic E-state index is 12.0. The molecule has 1 saturated carbocycles. The fourth-order valence-corrected chi connectivity index (χ4v) is 2.83. The number of fused-ring (bicyclic) bond motifs is 1. The molecule has 0 aliphatic heterocycles. The predicted octanol–water partition coefficient (Wildman–Crippen LogP) is 2.32. The minimum atomic E-state index is -0.712. The van der Waals surface area contributed by atoms with Crippen molar-refractivity contribution >= 4 is 22.6 Å². The topological polar surface area (TPSA) is 75.5 Å². The Bertz CT molecular complexity index is 691. The molecule has 1 fully saturated rings. The van der Waals surface area contributed by atoms with Crippen molar-refractivity contribution < 1.29 is 14.6 Å². The van der Waals surface area contributed by atoms with Crippen molar-refractivity contribution in [1.82, 2.24) is 9.88 Å². The van der Waals surface area contributed by atoms with Crippen LogP contribution in [-0.4, -0.2) is 41.6 Å². The van der Waals surface area contributed by atoms with Crippen LogP contribution < -0.4 is 10.6 Å². The first kappa shape index (κ1) is 15.8. The number of aliphatic hydroxyl groups is 1. The van der Waals surface area contributed by atoms with E-state index in [4.69, 9.17) is 4.74 Å². The van der Waals surface area contributed by atoms with Crippen LogP contribution >= 0.6 is 0 Å². The van der Waals surface area contributed by atoms with Gasteiger partial charge in [0.2, 0.25) is 0 Å². The van der Waals surface area contributed by atoms with Gasteiger partial charge in [-0.2, -0.15) is 0 Å². The Morgan fingerprint density at radius 1 is 1.39 bits per heavy atom. The van der Waals surface area contributed by atoms with E-state index in [0.717, 1.165) is 42.4 Å². The van der Waals surface area contributed by atoms with Gasteiger partial charge in [-0.15, -0.1) is 0 Å². The number of nitrogens with zero attached hydrogens (tertiary/aromatic N) is 1. The van der Waals surface area contributed by atoms with Gasteiger partial charge in [0.05, 0.1) is 17.7 Å². The molecule has 1 aliphatic rings. The zero-order valence-corrected chi connectivity index (χ0v) is 13.3. The molecule has 6 nitrogen and oxygen atoms in total. The third-order valence-electron chi connectivity index (χ3n) is 4.43. The summed E-state index contributed by atoms with van der Waals surface area (Å²) in [6, 6.07) is 7.55. The fraction of sp³-hybridized carbons (Fsp3) is 0.471. The molecule has 1 aromatic heterocycles. The Labute approximate surface area is 135 Å². The van der Waals surface area contributed by atoms with E-state index in [0.29, 0.717) is 13.2 Å². The normalized spacial score (nSPS) is 16.1. The van der Waals surface area contributed by atoms with Crippen molar-refractivity contribution in [2.45, 2.75) is 31.4 Å². The zero-order chi connectivity index (χ0) is 16.3. The highest BCUT2D eigenvalue weighted by atomic mass is 16.5. The number of urea groups is 1. The van der Waals surface area contributed by atoms with E-state index in [1.807, 2.05) is 30.5 Å². The van der Waals surface area contributed by atoms with Gasteiger partial charge in [0, 0.05) is 32.1 Å². The molecule has 23 heavy (non-hydrogen) atoms. The zero-order valence-electron chi connectivity index (χ0n) is 13.3. The first-order valence-corrected chi connectivity index (χ1v) is 7.95. The van der Waals surface area contributed by atoms with Crippen LogP contribution in [0, 0.1) is 0 Å². The summed E-state index contributed by atoms with van der Waals surface area (Å²) in [6.07, 6.45) is 4.55. The molecule has 1 aliphatic carbocycles. The Morgan fingerprint density at radius 3 is 2.91 bits per heavy atom. The van der Waals surface area contributed by atoms with Crippen LogP contribution in [0.1, 0.15) is 19.3 Å². The van der Waals surface area contributed by atoms with Crippen molar-refractivity contribution in [3.63, 3.8) is 0 Å². The lowest BCUT2D eigenvalue weighted by Gasteiger charge is -2.36. The second-order valence-corrected chi connectivity index (χ2v) is 6.16. The Hall–Kier alpha value is -2.05. The van der Waals surface area contributed by atoms with E-state index in [1.165, 1.54) is 0 Å². The number of amides is 2. The molecule has 3 rings (SSSR count). The van der Waals surface area contributed by atoms with Crippen LogP contribution in [0.15, 0.2) is 30.5 Å². The summed E-state index contributed by atoms with van der Waals surface area (Å²) < 4.78 is 7.21. The first-order valence-electron chi connectivity index (χ1n) is 7.95. The van der Waals surface area contributed by atoms with E-state index in [2.05, 4.69) is 15.2 Å². The second-order valence-electron chi connectivity index (χ2n) is 6.16. The highest BCUT2D eigenvalue weighted by molar-refractivity contribution is 5.92. The van der Waals surface area contributed by atoms with Crippen LogP contribution in [0.2, 0.25) is 0 Å². The number of nitrogens with one attached hydrogen (secondary N) is 2. The Morgan fingerprint density at radius 2 is 2.22 bits per heavy atom.